The van der Waals surface area contributed by atoms with Gasteiger partial charge in [0.25, 0.3) is 0 Å². The Kier molecular flexibility index (Phi) is 7.77. The standard InChI is InChI=1S/C16H24N2O2.2ClH/c19-14-7-3-6-13(16(14)20)15(12-4-1-2-5-12)18-10-8-17-9-11-18;;/h3,6-7,12,15,17,19-20H,1-2,4-5,8-11H2;2*1H/t15-;;/m1../s1. The van der Waals surface area contributed by atoms with Gasteiger partial charge in [-0.2, -0.15) is 0 Å². The van der Waals surface area contributed by atoms with Gasteiger partial charge in [-0.25, -0.2) is 0 Å². The number of benzene rings is 1. The van der Waals surface area contributed by atoms with E-state index in [1.807, 2.05) is 12.1 Å². The third-order valence-corrected chi connectivity index (χ3v) is 4.76. The van der Waals surface area contributed by atoms with Crippen molar-refractivity contribution in [3.63, 3.8) is 0 Å². The Balaban J connectivity index is 0.00000121. The number of phenols is 2. The van der Waals surface area contributed by atoms with Crippen molar-refractivity contribution >= 4 is 24.8 Å². The molecule has 0 unspecified atom stereocenters. The maximum absolute atomic E-state index is 10.3. The van der Waals surface area contributed by atoms with Crippen molar-refractivity contribution in [1.29, 1.82) is 0 Å². The first-order chi connectivity index (χ1) is 9.77. The lowest BCUT2D eigenvalue weighted by Gasteiger charge is -2.38. The first-order valence-corrected chi connectivity index (χ1v) is 7.73. The number of nitrogens with zero attached hydrogens (tertiary/aromatic N) is 1. The van der Waals surface area contributed by atoms with Gasteiger partial charge in [-0.3, -0.25) is 4.90 Å². The molecule has 1 heterocycles. The molecule has 1 aliphatic heterocycles. The summed E-state index contributed by atoms with van der Waals surface area (Å²) < 4.78 is 0. The summed E-state index contributed by atoms with van der Waals surface area (Å²) in [5, 5.41) is 23.5. The molecule has 1 atom stereocenters. The summed E-state index contributed by atoms with van der Waals surface area (Å²) in [7, 11) is 0. The van der Waals surface area contributed by atoms with Crippen molar-refractivity contribution < 1.29 is 10.2 Å². The minimum atomic E-state index is 0. The molecular formula is C16H26Cl2N2O2. The summed E-state index contributed by atoms with van der Waals surface area (Å²) in [5.74, 6) is 0.671. The summed E-state index contributed by atoms with van der Waals surface area (Å²) in [6.45, 7) is 4.03. The zero-order chi connectivity index (χ0) is 13.9. The van der Waals surface area contributed by atoms with E-state index < -0.39 is 0 Å². The highest BCUT2D eigenvalue weighted by molar-refractivity contribution is 5.85. The van der Waals surface area contributed by atoms with Gasteiger partial charge >= 0.3 is 0 Å². The van der Waals surface area contributed by atoms with E-state index in [0.717, 1.165) is 31.7 Å². The largest absolute Gasteiger partial charge is 0.504 e. The lowest BCUT2D eigenvalue weighted by Crippen LogP contribution is -2.46. The summed E-state index contributed by atoms with van der Waals surface area (Å²) in [5.41, 5.74) is 0.902. The molecule has 0 aromatic heterocycles. The second kappa shape index (κ2) is 8.82. The van der Waals surface area contributed by atoms with E-state index in [1.54, 1.807) is 6.07 Å². The van der Waals surface area contributed by atoms with E-state index in [4.69, 9.17) is 0 Å². The molecule has 0 radical (unpaired) electrons. The van der Waals surface area contributed by atoms with Crippen molar-refractivity contribution in [2.45, 2.75) is 31.7 Å². The lowest BCUT2D eigenvalue weighted by atomic mass is 9.89. The molecule has 1 saturated heterocycles. The SMILES string of the molecule is Cl.Cl.Oc1cccc([C@@H](C2CCCC2)N2CCNCC2)c1O. The van der Waals surface area contributed by atoms with E-state index in [9.17, 15) is 10.2 Å². The average Bonchev–Trinajstić information content (AvgIpc) is 2.99. The molecule has 22 heavy (non-hydrogen) atoms. The Hall–Kier alpha value is -0.680. The Morgan fingerprint density at radius 1 is 1.05 bits per heavy atom. The highest BCUT2D eigenvalue weighted by atomic mass is 35.5. The Morgan fingerprint density at radius 3 is 2.32 bits per heavy atom. The zero-order valence-corrected chi connectivity index (χ0v) is 14.3. The van der Waals surface area contributed by atoms with Gasteiger partial charge < -0.3 is 15.5 Å². The van der Waals surface area contributed by atoms with Gasteiger partial charge in [0.1, 0.15) is 0 Å². The van der Waals surface area contributed by atoms with Crippen LogP contribution in [0.4, 0.5) is 0 Å². The van der Waals surface area contributed by atoms with Crippen LogP contribution in [0.1, 0.15) is 37.3 Å². The normalized spacial score (nSPS) is 20.9. The predicted octanol–water partition coefficient (Wildman–Crippen LogP) is 3.08. The van der Waals surface area contributed by atoms with Crippen molar-refractivity contribution in [1.82, 2.24) is 10.2 Å². The number of hydrogen-bond donors (Lipinski definition) is 3. The molecule has 6 heteroatoms. The van der Waals surface area contributed by atoms with Gasteiger partial charge in [0.15, 0.2) is 11.5 Å². The molecule has 1 aliphatic carbocycles. The van der Waals surface area contributed by atoms with Crippen LogP contribution in [0, 0.1) is 5.92 Å². The Bertz CT molecular complexity index is 461. The molecule has 0 amide bonds. The molecule has 3 rings (SSSR count). The molecule has 2 fully saturated rings. The van der Waals surface area contributed by atoms with Crippen LogP contribution in [-0.2, 0) is 0 Å². The van der Waals surface area contributed by atoms with Crippen LogP contribution < -0.4 is 5.32 Å². The first kappa shape index (κ1) is 19.4. The number of rotatable bonds is 3. The minimum Gasteiger partial charge on any atom is -0.504 e. The number of hydrogen-bond acceptors (Lipinski definition) is 4. The van der Waals surface area contributed by atoms with Crippen LogP contribution in [0.2, 0.25) is 0 Å². The third-order valence-electron chi connectivity index (χ3n) is 4.76. The smallest absolute Gasteiger partial charge is 0.162 e. The second-order valence-electron chi connectivity index (χ2n) is 5.99. The van der Waals surface area contributed by atoms with E-state index in [1.165, 1.54) is 25.7 Å². The monoisotopic (exact) mass is 348 g/mol. The molecule has 1 aromatic carbocycles. The van der Waals surface area contributed by atoms with Crippen molar-refractivity contribution in [2.24, 2.45) is 5.92 Å². The van der Waals surface area contributed by atoms with Crippen molar-refractivity contribution in [3.05, 3.63) is 23.8 Å². The highest BCUT2D eigenvalue weighted by Gasteiger charge is 2.33. The molecular weight excluding hydrogens is 323 g/mol. The molecule has 0 bridgehead atoms. The fourth-order valence-corrected chi connectivity index (χ4v) is 3.77. The van der Waals surface area contributed by atoms with Crippen LogP contribution in [-0.4, -0.2) is 41.3 Å². The summed E-state index contributed by atoms with van der Waals surface area (Å²) in [6, 6.07) is 5.61. The Labute approximate surface area is 144 Å². The minimum absolute atomic E-state index is 0. The lowest BCUT2D eigenvalue weighted by molar-refractivity contribution is 0.123. The van der Waals surface area contributed by atoms with Crippen LogP contribution in [0.15, 0.2) is 18.2 Å². The van der Waals surface area contributed by atoms with Crippen LogP contribution in [0.5, 0.6) is 11.5 Å². The summed E-state index contributed by atoms with van der Waals surface area (Å²) in [6.07, 6.45) is 5.02. The van der Waals surface area contributed by atoms with Gasteiger partial charge in [-0.15, -0.1) is 24.8 Å². The summed E-state index contributed by atoms with van der Waals surface area (Å²) >= 11 is 0. The number of nitrogens with one attached hydrogen (secondary N) is 1. The average molecular weight is 349 g/mol. The van der Waals surface area contributed by atoms with Gasteiger partial charge in [0.05, 0.1) is 0 Å². The Morgan fingerprint density at radius 2 is 1.68 bits per heavy atom. The van der Waals surface area contributed by atoms with Gasteiger partial charge in [-0.05, 0) is 24.8 Å². The highest BCUT2D eigenvalue weighted by Crippen LogP contribution is 2.44. The van der Waals surface area contributed by atoms with E-state index in [-0.39, 0.29) is 42.4 Å². The van der Waals surface area contributed by atoms with E-state index in [2.05, 4.69) is 10.2 Å². The van der Waals surface area contributed by atoms with Crippen molar-refractivity contribution in [2.75, 3.05) is 26.2 Å². The van der Waals surface area contributed by atoms with Gasteiger partial charge in [0, 0.05) is 37.8 Å². The van der Waals surface area contributed by atoms with Crippen LogP contribution >= 0.6 is 24.8 Å². The fraction of sp³-hybridized carbons (Fsp3) is 0.625. The number of halogens is 2. The maximum Gasteiger partial charge on any atom is 0.162 e. The molecule has 4 nitrogen and oxygen atoms in total. The number of para-hydroxylation sites is 1. The van der Waals surface area contributed by atoms with Gasteiger partial charge in [0.2, 0.25) is 0 Å². The van der Waals surface area contributed by atoms with Crippen molar-refractivity contribution in [3.8, 4) is 11.5 Å². The van der Waals surface area contributed by atoms with E-state index >= 15 is 0 Å². The third kappa shape index (κ3) is 3.99. The number of piperazine rings is 1. The topological polar surface area (TPSA) is 55.7 Å². The second-order valence-corrected chi connectivity index (χ2v) is 5.99. The number of aromatic hydroxyl groups is 2. The summed E-state index contributed by atoms with van der Waals surface area (Å²) in [4.78, 5) is 2.47. The maximum atomic E-state index is 10.3. The quantitative estimate of drug-likeness (QED) is 0.734. The molecule has 1 aromatic rings. The molecule has 3 N–H and O–H groups in total. The van der Waals surface area contributed by atoms with Crippen LogP contribution in [0.25, 0.3) is 0 Å². The molecule has 1 saturated carbocycles. The van der Waals surface area contributed by atoms with Gasteiger partial charge in [-0.1, -0.05) is 25.0 Å². The van der Waals surface area contributed by atoms with Crippen LogP contribution in [0.3, 0.4) is 0 Å². The van der Waals surface area contributed by atoms with E-state index in [0.29, 0.717) is 5.92 Å². The number of phenolic OH excluding ortho intramolecular Hbond substituents is 2. The fourth-order valence-electron chi connectivity index (χ4n) is 3.77. The molecule has 2 aliphatic rings. The first-order valence-electron chi connectivity index (χ1n) is 7.73. The predicted molar refractivity (Wildman–Crippen MR) is 93.4 cm³/mol. The molecule has 126 valence electrons. The zero-order valence-electron chi connectivity index (χ0n) is 12.7. The molecule has 0 spiro atoms.